The van der Waals surface area contributed by atoms with Gasteiger partial charge in [0.2, 0.25) is 5.91 Å². The minimum atomic E-state index is -0.756. The van der Waals surface area contributed by atoms with Crippen LogP contribution in [0.3, 0.4) is 0 Å². The van der Waals surface area contributed by atoms with E-state index in [9.17, 15) is 14.9 Å². The number of benzene rings is 1. The van der Waals surface area contributed by atoms with Crippen LogP contribution in [0.4, 0.5) is 5.13 Å². The number of allylic oxidation sites excluding steroid dienone is 2. The van der Waals surface area contributed by atoms with Crippen molar-refractivity contribution in [3.63, 3.8) is 0 Å². The summed E-state index contributed by atoms with van der Waals surface area (Å²) < 4.78 is 11.8. The van der Waals surface area contributed by atoms with Crippen LogP contribution in [0.2, 0.25) is 0 Å². The van der Waals surface area contributed by atoms with Gasteiger partial charge in [0.05, 0.1) is 50.4 Å². The summed E-state index contributed by atoms with van der Waals surface area (Å²) in [4.78, 5) is 29.8. The van der Waals surface area contributed by atoms with Crippen LogP contribution in [-0.4, -0.2) is 29.2 Å². The van der Waals surface area contributed by atoms with Crippen LogP contribution in [0, 0.1) is 11.3 Å². The van der Waals surface area contributed by atoms with Crippen molar-refractivity contribution < 1.29 is 18.7 Å². The summed E-state index contributed by atoms with van der Waals surface area (Å²) in [6.07, 6.45) is 2.95. The number of ether oxygens (including phenoxy) is 1. The number of thiazole rings is 1. The van der Waals surface area contributed by atoms with E-state index in [0.717, 1.165) is 10.2 Å². The fourth-order valence-electron chi connectivity index (χ4n) is 3.47. The molecular weight excluding hydrogens is 472 g/mol. The quantitative estimate of drug-likeness (QED) is 0.344. The first kappa shape index (κ1) is 23.4. The minimum absolute atomic E-state index is 0.0395. The molecule has 1 amide bonds. The highest BCUT2D eigenvalue weighted by atomic mass is 32.2. The Labute approximate surface area is 204 Å². The number of nitrogens with zero attached hydrogens (tertiary/aromatic N) is 2. The molecule has 1 aliphatic heterocycles. The Morgan fingerprint density at radius 3 is 2.91 bits per heavy atom. The van der Waals surface area contributed by atoms with E-state index in [-0.39, 0.29) is 29.4 Å². The van der Waals surface area contributed by atoms with Gasteiger partial charge in [-0.1, -0.05) is 47.9 Å². The molecule has 0 unspecified atom stereocenters. The van der Waals surface area contributed by atoms with Gasteiger partial charge >= 0.3 is 5.97 Å². The fraction of sp³-hybridized carbons (Fsp3) is 0.167. The lowest BCUT2D eigenvalue weighted by Gasteiger charge is -2.27. The number of fused-ring (bicyclic) bond motifs is 1. The van der Waals surface area contributed by atoms with E-state index in [1.807, 2.05) is 24.3 Å². The third kappa shape index (κ3) is 4.90. The van der Waals surface area contributed by atoms with Gasteiger partial charge in [0.15, 0.2) is 5.13 Å². The van der Waals surface area contributed by atoms with E-state index in [2.05, 4.69) is 28.3 Å². The lowest BCUT2D eigenvalue weighted by atomic mass is 9.86. The molecule has 0 bridgehead atoms. The predicted molar refractivity (Wildman–Crippen MR) is 132 cm³/mol. The zero-order valence-electron chi connectivity index (χ0n) is 18.2. The number of rotatable bonds is 8. The number of carbonyl (C=O) groups is 2. The summed E-state index contributed by atoms with van der Waals surface area (Å²) in [6.45, 7) is 5.32. The van der Waals surface area contributed by atoms with Crippen LogP contribution in [0.15, 0.2) is 81.6 Å². The predicted octanol–water partition coefficient (Wildman–Crippen LogP) is 4.69. The normalized spacial score (nSPS) is 15.6. The summed E-state index contributed by atoms with van der Waals surface area (Å²) in [6, 6.07) is 13.2. The van der Waals surface area contributed by atoms with Gasteiger partial charge in [-0.25, -0.2) is 9.78 Å². The molecule has 0 fully saturated rings. The number of nitrogens with one attached hydrogen (secondary N) is 2. The summed E-state index contributed by atoms with van der Waals surface area (Å²) >= 11 is 2.56. The van der Waals surface area contributed by atoms with E-state index >= 15 is 0 Å². The van der Waals surface area contributed by atoms with Gasteiger partial charge in [-0.3, -0.25) is 4.79 Å². The Hall–Kier alpha value is -3.81. The van der Waals surface area contributed by atoms with E-state index in [1.165, 1.54) is 35.4 Å². The standard InChI is InChI=1S/C24H20N4O4S2/c1-3-10-32-23(30)20-14(2)26-22(15(12-25)21(20)17-8-6-11-31-17)33-13-19(29)28-24-27-16-7-4-5-9-18(16)34-24/h3-9,11,21,26H,1,10,13H2,2H3,(H,27,28,29)/t21-/m0/s1. The average Bonchev–Trinajstić information content (AvgIpc) is 3.50. The third-order valence-electron chi connectivity index (χ3n) is 4.92. The van der Waals surface area contributed by atoms with Crippen molar-refractivity contribution in [2.24, 2.45) is 0 Å². The second kappa shape index (κ2) is 10.4. The second-order valence-electron chi connectivity index (χ2n) is 7.18. The monoisotopic (exact) mass is 492 g/mol. The molecule has 8 nitrogen and oxygen atoms in total. The lowest BCUT2D eigenvalue weighted by molar-refractivity contribution is -0.138. The highest BCUT2D eigenvalue weighted by Gasteiger charge is 2.37. The molecule has 34 heavy (non-hydrogen) atoms. The Morgan fingerprint density at radius 1 is 1.38 bits per heavy atom. The molecule has 10 heteroatoms. The van der Waals surface area contributed by atoms with Crippen LogP contribution in [0.25, 0.3) is 10.2 Å². The fourth-order valence-corrected chi connectivity index (χ4v) is 5.24. The van der Waals surface area contributed by atoms with Gasteiger partial charge in [0.25, 0.3) is 0 Å². The molecular formula is C24H20N4O4S2. The maximum Gasteiger partial charge on any atom is 0.337 e. The number of dihydropyridines is 1. The van der Waals surface area contributed by atoms with Crippen LogP contribution >= 0.6 is 23.1 Å². The van der Waals surface area contributed by atoms with Crippen molar-refractivity contribution in [3.8, 4) is 6.07 Å². The molecule has 172 valence electrons. The van der Waals surface area contributed by atoms with Crippen molar-refractivity contribution in [2.75, 3.05) is 17.7 Å². The number of thioether (sulfide) groups is 1. The van der Waals surface area contributed by atoms with Crippen LogP contribution in [0.5, 0.6) is 0 Å². The first-order chi connectivity index (χ1) is 16.5. The molecule has 1 aliphatic rings. The average molecular weight is 493 g/mol. The van der Waals surface area contributed by atoms with Crippen LogP contribution < -0.4 is 10.6 Å². The number of hydrogen-bond acceptors (Lipinski definition) is 9. The number of aromatic nitrogens is 1. The molecule has 1 aromatic carbocycles. The Balaban J connectivity index is 1.54. The summed E-state index contributed by atoms with van der Waals surface area (Å²) in [5.41, 5.74) is 1.88. The molecule has 0 saturated carbocycles. The smallest absolute Gasteiger partial charge is 0.337 e. The van der Waals surface area contributed by atoms with E-state index in [0.29, 0.717) is 21.6 Å². The van der Waals surface area contributed by atoms with Gasteiger partial charge < -0.3 is 19.8 Å². The summed E-state index contributed by atoms with van der Waals surface area (Å²) in [5, 5.41) is 16.9. The number of furan rings is 1. The second-order valence-corrected chi connectivity index (χ2v) is 9.19. The highest BCUT2D eigenvalue weighted by molar-refractivity contribution is 8.03. The Kier molecular flexibility index (Phi) is 7.15. The van der Waals surface area contributed by atoms with E-state index < -0.39 is 11.9 Å². The molecule has 3 heterocycles. The van der Waals surface area contributed by atoms with Crippen molar-refractivity contribution in [1.82, 2.24) is 10.3 Å². The zero-order chi connectivity index (χ0) is 24.1. The molecule has 4 rings (SSSR count). The SMILES string of the molecule is C=CCOC(=O)C1=C(C)NC(SCC(=O)Nc2nc3ccccc3s2)=C(C#N)[C@H]1c1ccco1. The van der Waals surface area contributed by atoms with Crippen molar-refractivity contribution in [1.29, 1.82) is 5.26 Å². The Bertz CT molecular complexity index is 1320. The number of nitriles is 1. The van der Waals surface area contributed by atoms with E-state index in [4.69, 9.17) is 9.15 Å². The number of hydrogen-bond donors (Lipinski definition) is 2. The molecule has 2 N–H and O–H groups in total. The third-order valence-corrected chi connectivity index (χ3v) is 6.88. The number of para-hydroxylation sites is 1. The molecule has 2 aromatic heterocycles. The largest absolute Gasteiger partial charge is 0.468 e. The topological polar surface area (TPSA) is 117 Å². The Morgan fingerprint density at radius 2 is 2.21 bits per heavy atom. The van der Waals surface area contributed by atoms with Crippen molar-refractivity contribution in [2.45, 2.75) is 12.8 Å². The number of esters is 1. The maximum atomic E-state index is 12.8. The summed E-state index contributed by atoms with van der Waals surface area (Å²) in [5.74, 6) is -1.12. The minimum Gasteiger partial charge on any atom is -0.468 e. The number of carbonyl (C=O) groups excluding carboxylic acids is 2. The first-order valence-electron chi connectivity index (χ1n) is 10.2. The van der Waals surface area contributed by atoms with Crippen LogP contribution in [0.1, 0.15) is 18.6 Å². The molecule has 0 radical (unpaired) electrons. The van der Waals surface area contributed by atoms with Crippen molar-refractivity contribution in [3.05, 3.63) is 82.9 Å². The molecule has 0 aliphatic carbocycles. The van der Waals surface area contributed by atoms with Crippen molar-refractivity contribution >= 4 is 50.3 Å². The molecule has 0 saturated heterocycles. The van der Waals surface area contributed by atoms with Crippen LogP contribution in [-0.2, 0) is 14.3 Å². The maximum absolute atomic E-state index is 12.8. The summed E-state index contributed by atoms with van der Waals surface area (Å²) in [7, 11) is 0. The molecule has 3 aromatic rings. The highest BCUT2D eigenvalue weighted by Crippen LogP contribution is 2.41. The lowest BCUT2D eigenvalue weighted by Crippen LogP contribution is -2.29. The van der Waals surface area contributed by atoms with Gasteiger partial charge in [-0.05, 0) is 31.2 Å². The van der Waals surface area contributed by atoms with E-state index in [1.54, 1.807) is 19.1 Å². The number of amides is 1. The van der Waals surface area contributed by atoms with Gasteiger partial charge in [0, 0.05) is 5.70 Å². The molecule has 1 atom stereocenters. The van der Waals surface area contributed by atoms with Gasteiger partial charge in [0.1, 0.15) is 12.4 Å². The molecule has 0 spiro atoms. The zero-order valence-corrected chi connectivity index (χ0v) is 19.8. The van der Waals surface area contributed by atoms with Gasteiger partial charge in [-0.15, -0.1) is 0 Å². The first-order valence-corrected chi connectivity index (χ1v) is 12.0. The number of anilines is 1. The van der Waals surface area contributed by atoms with Gasteiger partial charge in [-0.2, -0.15) is 5.26 Å².